The highest BCUT2D eigenvalue weighted by Crippen LogP contribution is 2.46. The molecule has 0 saturated carbocycles. The Morgan fingerprint density at radius 3 is 2.50 bits per heavy atom. The number of aliphatic hydroxyl groups is 1. The minimum atomic E-state index is -0.354. The normalized spacial score (nSPS) is 38.2. The third-order valence-electron chi connectivity index (χ3n) is 3.81. The van der Waals surface area contributed by atoms with E-state index in [0.717, 1.165) is 36.2 Å². The maximum Gasteiger partial charge on any atom is 0.0671 e. The third kappa shape index (κ3) is 3.27. The van der Waals surface area contributed by atoms with Gasteiger partial charge in [-0.15, -0.1) is 0 Å². The summed E-state index contributed by atoms with van der Waals surface area (Å²) in [5.41, 5.74) is 1.02. The lowest BCUT2D eigenvalue weighted by Crippen LogP contribution is -2.42. The first-order chi connectivity index (χ1) is 7.57. The molecule has 0 radical (unpaired) electrons. The molecule has 2 bridgehead atoms. The molecule has 16 heavy (non-hydrogen) atoms. The maximum atomic E-state index is 10.6. The predicted molar refractivity (Wildman–Crippen MR) is 71.9 cm³/mol. The quantitative estimate of drug-likeness (QED) is 0.755. The van der Waals surface area contributed by atoms with Gasteiger partial charge >= 0.3 is 0 Å². The fourth-order valence-electron chi connectivity index (χ4n) is 3.05. The fourth-order valence-corrected chi connectivity index (χ4v) is 5.01. The van der Waals surface area contributed by atoms with E-state index in [9.17, 15) is 5.11 Å². The molecule has 2 atom stereocenters. The number of rotatable bonds is 3. The molecule has 2 saturated heterocycles. The predicted octanol–water partition coefficient (Wildman–Crippen LogP) is 3.91. The highest BCUT2D eigenvalue weighted by Gasteiger charge is 2.40. The number of fused-ring (bicyclic) bond motifs is 2. The minimum Gasteiger partial charge on any atom is -0.390 e. The van der Waals surface area contributed by atoms with Crippen molar-refractivity contribution in [3.8, 4) is 0 Å². The molecule has 0 aliphatic carbocycles. The van der Waals surface area contributed by atoms with Crippen molar-refractivity contribution in [2.24, 2.45) is 0 Å². The van der Waals surface area contributed by atoms with Crippen LogP contribution in [0.2, 0.25) is 0 Å². The third-order valence-corrected chi connectivity index (χ3v) is 5.39. The van der Waals surface area contributed by atoms with Crippen LogP contribution in [0, 0.1) is 0 Å². The molecule has 92 valence electrons. The Hall–Kier alpha value is 0.0500. The summed E-state index contributed by atoms with van der Waals surface area (Å²) in [6, 6.07) is 0. The average Bonchev–Trinajstić information content (AvgIpc) is 2.15. The highest BCUT2D eigenvalue weighted by molar-refractivity contribution is 8.00. The number of allylic oxidation sites excluding steroid dienone is 2. The summed E-state index contributed by atoms with van der Waals surface area (Å²) >= 11 is 2.14. The molecular weight excluding hydrogens is 216 g/mol. The molecule has 2 fully saturated rings. The lowest BCUT2D eigenvalue weighted by Gasteiger charge is -2.44. The van der Waals surface area contributed by atoms with Crippen molar-refractivity contribution in [1.29, 1.82) is 0 Å². The highest BCUT2D eigenvalue weighted by atomic mass is 32.2. The van der Waals surface area contributed by atoms with Gasteiger partial charge in [-0.3, -0.25) is 0 Å². The Kier molecular flexibility index (Phi) is 4.01. The molecule has 0 aromatic carbocycles. The van der Waals surface area contributed by atoms with Crippen molar-refractivity contribution < 1.29 is 5.11 Å². The summed E-state index contributed by atoms with van der Waals surface area (Å²) in [5.74, 6) is 0. The van der Waals surface area contributed by atoms with Crippen LogP contribution in [0.5, 0.6) is 0 Å². The van der Waals surface area contributed by atoms with Gasteiger partial charge in [0, 0.05) is 10.5 Å². The van der Waals surface area contributed by atoms with Gasteiger partial charge in [0.25, 0.3) is 0 Å². The summed E-state index contributed by atoms with van der Waals surface area (Å²) < 4.78 is 0. The molecular formula is C14H24OS. The van der Waals surface area contributed by atoms with Gasteiger partial charge in [0.1, 0.15) is 0 Å². The molecule has 0 amide bonds. The lowest BCUT2D eigenvalue weighted by atomic mass is 9.82. The molecule has 2 aliphatic rings. The molecule has 0 aromatic rings. The van der Waals surface area contributed by atoms with Crippen molar-refractivity contribution >= 4 is 11.8 Å². The van der Waals surface area contributed by atoms with Gasteiger partial charge < -0.3 is 5.11 Å². The van der Waals surface area contributed by atoms with Crippen LogP contribution >= 0.6 is 11.8 Å². The van der Waals surface area contributed by atoms with Crippen molar-refractivity contribution in [3.63, 3.8) is 0 Å². The van der Waals surface area contributed by atoms with Crippen molar-refractivity contribution in [2.75, 3.05) is 0 Å². The molecule has 2 heteroatoms. The van der Waals surface area contributed by atoms with Gasteiger partial charge in [-0.1, -0.05) is 18.1 Å². The summed E-state index contributed by atoms with van der Waals surface area (Å²) in [6.07, 6.45) is 10.4. The molecule has 2 heterocycles. The zero-order valence-electron chi connectivity index (χ0n) is 10.5. The van der Waals surface area contributed by atoms with Gasteiger partial charge in [0.05, 0.1) is 5.60 Å². The van der Waals surface area contributed by atoms with E-state index in [1.807, 2.05) is 0 Å². The fraction of sp³-hybridized carbons (Fsp3) is 0.857. The van der Waals surface area contributed by atoms with Crippen molar-refractivity contribution in [1.82, 2.24) is 0 Å². The smallest absolute Gasteiger partial charge is 0.0671 e. The second-order valence-electron chi connectivity index (χ2n) is 5.76. The molecule has 2 rings (SSSR count). The van der Waals surface area contributed by atoms with Gasteiger partial charge in [-0.25, -0.2) is 0 Å². The summed E-state index contributed by atoms with van der Waals surface area (Å²) in [4.78, 5) is 0. The first-order valence-corrected chi connectivity index (χ1v) is 7.53. The van der Waals surface area contributed by atoms with Crippen LogP contribution < -0.4 is 0 Å². The number of hydrogen-bond donors (Lipinski definition) is 1. The van der Waals surface area contributed by atoms with E-state index in [1.54, 1.807) is 0 Å². The van der Waals surface area contributed by atoms with E-state index in [1.165, 1.54) is 24.8 Å². The monoisotopic (exact) mass is 240 g/mol. The van der Waals surface area contributed by atoms with Crippen molar-refractivity contribution in [3.05, 3.63) is 11.6 Å². The Morgan fingerprint density at radius 2 is 1.94 bits per heavy atom. The Bertz CT molecular complexity index is 256. The lowest BCUT2D eigenvalue weighted by molar-refractivity contribution is 0.00547. The van der Waals surface area contributed by atoms with Crippen LogP contribution in [0.3, 0.4) is 0 Å². The zero-order valence-corrected chi connectivity index (χ0v) is 11.4. The van der Waals surface area contributed by atoms with Gasteiger partial charge in [0.2, 0.25) is 0 Å². The average molecular weight is 240 g/mol. The van der Waals surface area contributed by atoms with Gasteiger partial charge in [0.15, 0.2) is 0 Å². The number of hydrogen-bond acceptors (Lipinski definition) is 2. The van der Waals surface area contributed by atoms with Crippen LogP contribution in [0.1, 0.15) is 58.8 Å². The van der Waals surface area contributed by atoms with Crippen LogP contribution in [0.25, 0.3) is 0 Å². The second kappa shape index (κ2) is 5.14. The zero-order chi connectivity index (χ0) is 11.6. The summed E-state index contributed by atoms with van der Waals surface area (Å²) in [6.45, 7) is 4.27. The molecule has 1 N–H and O–H groups in total. The van der Waals surface area contributed by atoms with E-state index < -0.39 is 0 Å². The van der Waals surface area contributed by atoms with E-state index in [4.69, 9.17) is 0 Å². The van der Waals surface area contributed by atoms with E-state index in [0.29, 0.717) is 0 Å². The van der Waals surface area contributed by atoms with Crippen LogP contribution in [0.4, 0.5) is 0 Å². The van der Waals surface area contributed by atoms with Gasteiger partial charge in [-0.2, -0.15) is 11.8 Å². The first kappa shape index (κ1) is 12.5. The Morgan fingerprint density at radius 1 is 1.31 bits per heavy atom. The Labute approximate surface area is 104 Å². The molecule has 0 spiro atoms. The SMILES string of the molecule is CC(C)=CCCC1(O)CC2CCCC(C1)S2. The topological polar surface area (TPSA) is 20.2 Å². The standard InChI is InChI=1S/C14H24OS/c1-11(2)5-4-8-14(15)9-12-6-3-7-13(10-14)16-12/h5,12-13,15H,3-4,6-10H2,1-2H3. The maximum absolute atomic E-state index is 10.6. The van der Waals surface area contributed by atoms with Crippen LogP contribution in [-0.4, -0.2) is 21.2 Å². The Balaban J connectivity index is 1.89. The molecule has 0 aromatic heterocycles. The summed E-state index contributed by atoms with van der Waals surface area (Å²) in [7, 11) is 0. The van der Waals surface area contributed by atoms with Crippen LogP contribution in [-0.2, 0) is 0 Å². The van der Waals surface area contributed by atoms with E-state index >= 15 is 0 Å². The van der Waals surface area contributed by atoms with Crippen LogP contribution in [0.15, 0.2) is 11.6 Å². The van der Waals surface area contributed by atoms with Gasteiger partial charge in [-0.05, 0) is 52.4 Å². The van der Waals surface area contributed by atoms with E-state index in [-0.39, 0.29) is 5.60 Å². The van der Waals surface area contributed by atoms with Crippen molar-refractivity contribution in [2.45, 2.75) is 74.9 Å². The largest absolute Gasteiger partial charge is 0.390 e. The minimum absolute atomic E-state index is 0.354. The number of thioether (sulfide) groups is 1. The summed E-state index contributed by atoms with van der Waals surface area (Å²) in [5, 5.41) is 12.1. The molecule has 1 nitrogen and oxygen atoms in total. The second-order valence-corrected chi connectivity index (χ2v) is 7.37. The molecule has 2 unspecified atom stereocenters. The molecule has 2 aliphatic heterocycles. The van der Waals surface area contributed by atoms with E-state index in [2.05, 4.69) is 31.7 Å². The first-order valence-electron chi connectivity index (χ1n) is 6.59.